The Balaban J connectivity index is 1.84. The van der Waals surface area contributed by atoms with Gasteiger partial charge in [0.2, 0.25) is 0 Å². The lowest BCUT2D eigenvalue weighted by Crippen LogP contribution is -2.52. The molecule has 0 radical (unpaired) electrons. The molecule has 1 amide bonds. The van der Waals surface area contributed by atoms with Crippen molar-refractivity contribution in [1.82, 2.24) is 9.47 Å². The summed E-state index contributed by atoms with van der Waals surface area (Å²) >= 11 is 0. The SMILES string of the molecule is COCC1(C(=O)O)CCCN(C(=O)c2cc(C)n(Cc3ccccc3)c2C)C1. The maximum absolute atomic E-state index is 13.2. The van der Waals surface area contributed by atoms with E-state index in [0.29, 0.717) is 31.5 Å². The molecule has 1 unspecified atom stereocenters. The fourth-order valence-corrected chi connectivity index (χ4v) is 4.13. The van der Waals surface area contributed by atoms with E-state index in [1.54, 1.807) is 4.90 Å². The minimum absolute atomic E-state index is 0.103. The maximum atomic E-state index is 13.2. The van der Waals surface area contributed by atoms with Gasteiger partial charge in [0.1, 0.15) is 5.41 Å². The molecule has 3 rings (SSSR count). The van der Waals surface area contributed by atoms with Gasteiger partial charge in [0, 0.05) is 38.1 Å². The third-order valence-corrected chi connectivity index (χ3v) is 5.73. The van der Waals surface area contributed by atoms with Gasteiger partial charge in [-0.1, -0.05) is 30.3 Å². The summed E-state index contributed by atoms with van der Waals surface area (Å²) in [5, 5.41) is 9.73. The Morgan fingerprint density at radius 3 is 2.57 bits per heavy atom. The number of benzene rings is 1. The molecule has 1 aromatic carbocycles. The molecule has 1 atom stereocenters. The predicted molar refractivity (Wildman–Crippen MR) is 107 cm³/mol. The first-order chi connectivity index (χ1) is 13.4. The van der Waals surface area contributed by atoms with E-state index in [-0.39, 0.29) is 19.1 Å². The first-order valence-electron chi connectivity index (χ1n) is 9.60. The number of methoxy groups -OCH3 is 1. The first-order valence-corrected chi connectivity index (χ1v) is 9.60. The van der Waals surface area contributed by atoms with Gasteiger partial charge >= 0.3 is 5.97 Å². The van der Waals surface area contributed by atoms with Crippen LogP contribution >= 0.6 is 0 Å². The Morgan fingerprint density at radius 1 is 1.21 bits per heavy atom. The first kappa shape index (κ1) is 20.1. The van der Waals surface area contributed by atoms with Crippen molar-refractivity contribution in [3.05, 3.63) is 58.9 Å². The van der Waals surface area contributed by atoms with Crippen molar-refractivity contribution in [1.29, 1.82) is 0 Å². The second-order valence-corrected chi connectivity index (χ2v) is 7.71. The molecule has 1 aliphatic heterocycles. The Kier molecular flexibility index (Phi) is 5.89. The number of rotatable bonds is 6. The molecular weight excluding hydrogens is 356 g/mol. The summed E-state index contributed by atoms with van der Waals surface area (Å²) < 4.78 is 7.30. The Labute approximate surface area is 165 Å². The molecule has 1 N–H and O–H groups in total. The predicted octanol–water partition coefficient (Wildman–Crippen LogP) is 3.11. The number of likely N-dealkylation sites (tertiary alicyclic amines) is 1. The van der Waals surface area contributed by atoms with Crippen molar-refractivity contribution in [2.45, 2.75) is 33.2 Å². The molecule has 1 fully saturated rings. The molecule has 6 nitrogen and oxygen atoms in total. The summed E-state index contributed by atoms with van der Waals surface area (Å²) in [4.78, 5) is 26.8. The van der Waals surface area contributed by atoms with Crippen LogP contribution in [-0.2, 0) is 16.1 Å². The van der Waals surface area contributed by atoms with Gasteiger partial charge in [0.15, 0.2) is 0 Å². The second-order valence-electron chi connectivity index (χ2n) is 7.71. The van der Waals surface area contributed by atoms with E-state index in [4.69, 9.17) is 4.74 Å². The van der Waals surface area contributed by atoms with E-state index in [0.717, 1.165) is 11.4 Å². The number of piperidine rings is 1. The molecule has 1 saturated heterocycles. The van der Waals surface area contributed by atoms with Crippen LogP contribution in [0.15, 0.2) is 36.4 Å². The fourth-order valence-electron chi connectivity index (χ4n) is 4.13. The van der Waals surface area contributed by atoms with Gasteiger partial charge in [-0.25, -0.2) is 0 Å². The summed E-state index contributed by atoms with van der Waals surface area (Å²) in [5.41, 5.74) is 2.71. The van der Waals surface area contributed by atoms with Crippen LogP contribution < -0.4 is 0 Å². The molecule has 2 heterocycles. The van der Waals surface area contributed by atoms with E-state index >= 15 is 0 Å². The highest BCUT2D eigenvalue weighted by atomic mass is 16.5. The molecule has 150 valence electrons. The van der Waals surface area contributed by atoms with Gasteiger partial charge < -0.3 is 19.3 Å². The van der Waals surface area contributed by atoms with E-state index in [9.17, 15) is 14.7 Å². The standard InChI is InChI=1S/C22H28N2O4/c1-16-12-19(17(2)24(16)13-18-8-5-4-6-9-18)20(25)23-11-7-10-22(14-23,15-28-3)21(26)27/h4-6,8-9,12H,7,10-11,13-15H2,1-3H3,(H,26,27). The molecule has 1 aromatic heterocycles. The zero-order valence-corrected chi connectivity index (χ0v) is 16.8. The monoisotopic (exact) mass is 384 g/mol. The van der Waals surface area contributed by atoms with Crippen LogP contribution in [0, 0.1) is 19.3 Å². The average Bonchev–Trinajstić information content (AvgIpc) is 2.97. The average molecular weight is 384 g/mol. The number of hydrogen-bond donors (Lipinski definition) is 1. The minimum Gasteiger partial charge on any atom is -0.481 e. The molecular formula is C22H28N2O4. The number of nitrogens with zero attached hydrogens (tertiary/aromatic N) is 2. The highest BCUT2D eigenvalue weighted by Crippen LogP contribution is 2.32. The van der Waals surface area contributed by atoms with Crippen molar-refractivity contribution in [2.24, 2.45) is 5.41 Å². The molecule has 0 saturated carbocycles. The van der Waals surface area contributed by atoms with Crippen molar-refractivity contribution in [3.63, 3.8) is 0 Å². The van der Waals surface area contributed by atoms with Crippen LogP contribution in [0.4, 0.5) is 0 Å². The summed E-state index contributed by atoms with van der Waals surface area (Å²) in [6.07, 6.45) is 1.18. The minimum atomic E-state index is -1.03. The number of carbonyl (C=O) groups excluding carboxylic acids is 1. The largest absolute Gasteiger partial charge is 0.481 e. The quantitative estimate of drug-likeness (QED) is 0.831. The second kappa shape index (κ2) is 8.19. The number of ether oxygens (including phenoxy) is 1. The smallest absolute Gasteiger partial charge is 0.313 e. The third-order valence-electron chi connectivity index (χ3n) is 5.73. The highest BCUT2D eigenvalue weighted by molar-refractivity contribution is 5.96. The van der Waals surface area contributed by atoms with E-state index in [1.807, 2.05) is 38.1 Å². The topological polar surface area (TPSA) is 71.8 Å². The normalized spacial score (nSPS) is 19.6. The van der Waals surface area contributed by atoms with Gasteiger partial charge in [0.05, 0.1) is 12.2 Å². The molecule has 2 aromatic rings. The van der Waals surface area contributed by atoms with Crippen LogP contribution in [0.3, 0.4) is 0 Å². The van der Waals surface area contributed by atoms with Gasteiger partial charge in [-0.2, -0.15) is 0 Å². The lowest BCUT2D eigenvalue weighted by atomic mass is 9.80. The van der Waals surface area contributed by atoms with E-state index < -0.39 is 11.4 Å². The number of aliphatic carboxylic acids is 1. The van der Waals surface area contributed by atoms with Crippen molar-refractivity contribution in [2.75, 3.05) is 26.8 Å². The van der Waals surface area contributed by atoms with Gasteiger partial charge in [-0.15, -0.1) is 0 Å². The number of hydrogen-bond acceptors (Lipinski definition) is 3. The van der Waals surface area contributed by atoms with Gasteiger partial charge in [-0.05, 0) is 38.3 Å². The summed E-state index contributed by atoms with van der Waals surface area (Å²) in [5.74, 6) is -1.00. The highest BCUT2D eigenvalue weighted by Gasteiger charge is 2.44. The Morgan fingerprint density at radius 2 is 1.93 bits per heavy atom. The van der Waals surface area contributed by atoms with E-state index in [1.165, 1.54) is 12.7 Å². The fraction of sp³-hybridized carbons (Fsp3) is 0.455. The van der Waals surface area contributed by atoms with E-state index in [2.05, 4.69) is 16.7 Å². The number of aryl methyl sites for hydroxylation is 1. The van der Waals surface area contributed by atoms with Gasteiger partial charge in [-0.3, -0.25) is 9.59 Å². The number of carbonyl (C=O) groups is 2. The van der Waals surface area contributed by atoms with Crippen LogP contribution in [0.2, 0.25) is 0 Å². The van der Waals surface area contributed by atoms with Crippen LogP contribution in [-0.4, -0.2) is 53.3 Å². The number of carboxylic acids is 1. The maximum Gasteiger partial charge on any atom is 0.313 e. The van der Waals surface area contributed by atoms with Crippen molar-refractivity contribution in [3.8, 4) is 0 Å². The van der Waals surface area contributed by atoms with Crippen LogP contribution in [0.25, 0.3) is 0 Å². The molecule has 28 heavy (non-hydrogen) atoms. The summed E-state index contributed by atoms with van der Waals surface area (Å²) in [6, 6.07) is 12.0. The van der Waals surface area contributed by atoms with Crippen LogP contribution in [0.1, 0.15) is 40.2 Å². The number of aromatic nitrogens is 1. The molecule has 6 heteroatoms. The van der Waals surface area contributed by atoms with Crippen molar-refractivity contribution < 1.29 is 19.4 Å². The zero-order chi connectivity index (χ0) is 20.3. The third kappa shape index (κ3) is 3.83. The molecule has 0 aliphatic carbocycles. The Bertz CT molecular complexity index is 855. The summed E-state index contributed by atoms with van der Waals surface area (Å²) in [7, 11) is 1.50. The van der Waals surface area contributed by atoms with Crippen molar-refractivity contribution >= 4 is 11.9 Å². The summed E-state index contributed by atoms with van der Waals surface area (Å²) in [6.45, 7) is 5.51. The molecule has 1 aliphatic rings. The molecule has 0 bridgehead atoms. The van der Waals surface area contributed by atoms with Gasteiger partial charge in [0.25, 0.3) is 5.91 Å². The number of carboxylic acid groups (broad SMARTS) is 1. The molecule has 0 spiro atoms. The lowest BCUT2D eigenvalue weighted by molar-refractivity contribution is -0.155. The number of amides is 1. The van der Waals surface area contributed by atoms with Crippen LogP contribution in [0.5, 0.6) is 0 Å². The zero-order valence-electron chi connectivity index (χ0n) is 16.8. The Hall–Kier alpha value is -2.60. The lowest BCUT2D eigenvalue weighted by Gasteiger charge is -2.39.